The molecule has 0 bridgehead atoms. The van der Waals surface area contributed by atoms with Gasteiger partial charge in [0.25, 0.3) is 0 Å². The minimum Gasteiger partial charge on any atom is -0.507 e. The smallest absolute Gasteiger partial charge is 0.342 e. The number of carbonyl (C=O) groups excluding carboxylic acids is 3. The maximum Gasteiger partial charge on any atom is 0.342 e. The summed E-state index contributed by atoms with van der Waals surface area (Å²) in [4.78, 5) is 46.3. The van der Waals surface area contributed by atoms with Crippen molar-refractivity contribution < 1.29 is 82.5 Å². The fourth-order valence-electron chi connectivity index (χ4n) is 12.5. The number of phenols is 1. The molecule has 0 aromatic heterocycles. The molecule has 4 heterocycles. The van der Waals surface area contributed by atoms with Crippen LogP contribution in [0.4, 0.5) is 0 Å². The average Bonchev–Trinajstić information content (AvgIpc) is 3.86. The number of aliphatic hydroxyl groups is 4. The van der Waals surface area contributed by atoms with Crippen molar-refractivity contribution >= 4 is 17.9 Å². The maximum atomic E-state index is 14.6. The van der Waals surface area contributed by atoms with E-state index in [-0.39, 0.29) is 80.7 Å². The molecular formula is C58H97N3O17. The lowest BCUT2D eigenvalue weighted by Crippen LogP contribution is -2.63. The monoisotopic (exact) mass is 1110 g/mol. The van der Waals surface area contributed by atoms with Crippen LogP contribution in [0.15, 0.2) is 11.6 Å². The zero-order chi connectivity index (χ0) is 58.5. The first kappa shape index (κ1) is 65.3. The number of esters is 3. The summed E-state index contributed by atoms with van der Waals surface area (Å²) in [5.74, 6) is -3.31. The highest BCUT2D eigenvalue weighted by Gasteiger charge is 2.53. The van der Waals surface area contributed by atoms with E-state index in [0.29, 0.717) is 42.8 Å². The first-order valence-corrected chi connectivity index (χ1v) is 28.0. The number of ether oxygens (including phenoxy) is 9. The number of aliphatic hydroxyl groups excluding tert-OH is 2. The number of nitrogens with zero attached hydrogens (tertiary/aromatic N) is 3. The lowest BCUT2D eigenvalue weighted by atomic mass is 9.77. The van der Waals surface area contributed by atoms with Gasteiger partial charge in [-0.25, -0.2) is 4.79 Å². The van der Waals surface area contributed by atoms with Crippen LogP contribution in [0.1, 0.15) is 142 Å². The third-order valence-electron chi connectivity index (χ3n) is 17.4. The number of hydrogen-bond donors (Lipinski definition) is 5. The molecular weight excluding hydrogens is 1010 g/mol. The summed E-state index contributed by atoms with van der Waals surface area (Å²) in [6.45, 7) is 22.5. The van der Waals surface area contributed by atoms with Crippen molar-refractivity contribution in [3.63, 3.8) is 0 Å². The van der Waals surface area contributed by atoms with Crippen LogP contribution in [0.5, 0.6) is 11.5 Å². The Balaban J connectivity index is 1.39. The number of benzene rings is 1. The number of methoxy groups -OCH3 is 2. The molecule has 0 unspecified atom stereocenters. The van der Waals surface area contributed by atoms with Crippen LogP contribution in [0.25, 0.3) is 0 Å². The van der Waals surface area contributed by atoms with Gasteiger partial charge in [-0.1, -0.05) is 32.4 Å². The predicted octanol–water partition coefficient (Wildman–Crippen LogP) is 5.05. The van der Waals surface area contributed by atoms with Crippen molar-refractivity contribution in [1.29, 1.82) is 0 Å². The lowest BCUT2D eigenvalue weighted by molar-refractivity contribution is -0.313. The van der Waals surface area contributed by atoms with Crippen molar-refractivity contribution in [2.45, 2.75) is 225 Å². The largest absolute Gasteiger partial charge is 0.507 e. The van der Waals surface area contributed by atoms with Gasteiger partial charge in [-0.2, -0.15) is 0 Å². The summed E-state index contributed by atoms with van der Waals surface area (Å²) in [5.41, 5.74) is -1.61. The predicted molar refractivity (Wildman–Crippen MR) is 291 cm³/mol. The van der Waals surface area contributed by atoms with E-state index in [1.807, 2.05) is 78.7 Å². The molecule has 1 aromatic carbocycles. The second-order valence-electron chi connectivity index (χ2n) is 24.0. The Hall–Kier alpha value is -3.51. The van der Waals surface area contributed by atoms with Crippen LogP contribution >= 0.6 is 0 Å². The zero-order valence-electron chi connectivity index (χ0n) is 50.0. The molecule has 1 aromatic rings. The molecule has 18 atom stereocenters. The fraction of sp³-hybridized carbons (Fsp3) is 0.810. The summed E-state index contributed by atoms with van der Waals surface area (Å²) in [7, 11) is 10.7. The Labute approximate surface area is 463 Å². The van der Waals surface area contributed by atoms with E-state index in [1.165, 1.54) is 21.1 Å². The quantitative estimate of drug-likeness (QED) is 0.0779. The van der Waals surface area contributed by atoms with Gasteiger partial charge < -0.3 is 78.0 Å². The van der Waals surface area contributed by atoms with Gasteiger partial charge in [0.05, 0.1) is 54.7 Å². The van der Waals surface area contributed by atoms with Gasteiger partial charge in [0, 0.05) is 62.2 Å². The standard InChI is InChI=1S/C58H97N3O17/c1-19-42-58(12,69)50(64)37(8)61(16)29-32(3)27-56(10,68)52(35(6)48(36(7)53(66)76-42)77-44-28-57(11,71-18)51(65)38(9)75-44)78-55-46(59(13)14)41(26-33(4)74-55)60(15)24-25-72-43(62)23-21-31(2)20-22-39-47(63)45-40(30-73-54(45)67)34(5)49(39)70-17/h20,32-33,35-38,41-42,44,46,48,50-52,55,63-65,68-69H,19,21-30H2,1-18H3/b31-20+/t32-,33-,35+,36-,37-,38+,41-,42-,44+,46+,48+,50-,51+,52-,55+,56-,57-,58-/m1/s1. The molecule has 0 saturated carbocycles. The van der Waals surface area contributed by atoms with Crippen LogP contribution < -0.4 is 4.74 Å². The summed E-state index contributed by atoms with van der Waals surface area (Å²) in [6, 6.07) is -1.18. The van der Waals surface area contributed by atoms with Gasteiger partial charge in [0.15, 0.2) is 12.6 Å². The van der Waals surface area contributed by atoms with E-state index < -0.39 is 102 Å². The number of hydrogen-bond acceptors (Lipinski definition) is 20. The Morgan fingerprint density at radius 1 is 0.949 bits per heavy atom. The Bertz CT molecular complexity index is 2220. The fourth-order valence-corrected chi connectivity index (χ4v) is 12.5. The number of cyclic esters (lactones) is 2. The minimum absolute atomic E-state index is 0.0819. The second-order valence-corrected chi connectivity index (χ2v) is 24.0. The van der Waals surface area contributed by atoms with Gasteiger partial charge >= 0.3 is 17.9 Å². The molecule has 5 rings (SSSR count). The summed E-state index contributed by atoms with van der Waals surface area (Å²) in [5, 5.41) is 58.9. The molecule has 20 nitrogen and oxygen atoms in total. The number of phenolic OH excluding ortho intramolecular Hbond substituents is 1. The molecule has 446 valence electrons. The van der Waals surface area contributed by atoms with Gasteiger partial charge in [-0.3, -0.25) is 14.5 Å². The molecule has 4 aliphatic heterocycles. The van der Waals surface area contributed by atoms with Gasteiger partial charge in [0.2, 0.25) is 0 Å². The third kappa shape index (κ3) is 14.7. The van der Waals surface area contributed by atoms with Crippen molar-refractivity contribution in [2.75, 3.05) is 62.1 Å². The van der Waals surface area contributed by atoms with Gasteiger partial charge in [-0.15, -0.1) is 0 Å². The van der Waals surface area contributed by atoms with Crippen LogP contribution in [-0.2, 0) is 60.5 Å². The number of allylic oxidation sites excluding steroid dienone is 2. The molecule has 0 aliphatic carbocycles. The Morgan fingerprint density at radius 2 is 1.62 bits per heavy atom. The molecule has 0 amide bonds. The highest BCUT2D eigenvalue weighted by molar-refractivity contribution is 5.98. The third-order valence-corrected chi connectivity index (χ3v) is 17.4. The number of fused-ring (bicyclic) bond motifs is 1. The molecule has 78 heavy (non-hydrogen) atoms. The number of aromatic hydroxyl groups is 1. The van der Waals surface area contributed by atoms with Crippen molar-refractivity contribution in [3.05, 3.63) is 33.9 Å². The highest BCUT2D eigenvalue weighted by atomic mass is 16.7. The number of carbonyl (C=O) groups is 3. The molecule has 20 heteroatoms. The van der Waals surface area contributed by atoms with Crippen LogP contribution in [0.3, 0.4) is 0 Å². The van der Waals surface area contributed by atoms with Crippen LogP contribution in [-0.4, -0.2) is 210 Å². The van der Waals surface area contributed by atoms with E-state index in [2.05, 4.69) is 4.90 Å². The Morgan fingerprint density at radius 3 is 2.23 bits per heavy atom. The topological polar surface area (TPSA) is 245 Å². The number of rotatable bonds is 17. The normalized spacial score (nSPS) is 37.8. The second kappa shape index (κ2) is 27.0. The zero-order valence-corrected chi connectivity index (χ0v) is 50.0. The molecule has 0 radical (unpaired) electrons. The Kier molecular flexibility index (Phi) is 22.6. The van der Waals surface area contributed by atoms with E-state index in [4.69, 9.17) is 42.6 Å². The highest BCUT2D eigenvalue weighted by Crippen LogP contribution is 2.43. The van der Waals surface area contributed by atoms with Gasteiger partial charge in [0.1, 0.15) is 54.2 Å². The molecule has 3 saturated heterocycles. The molecule has 3 fully saturated rings. The molecule has 0 spiro atoms. The van der Waals surface area contributed by atoms with Crippen molar-refractivity contribution in [1.82, 2.24) is 14.7 Å². The van der Waals surface area contributed by atoms with E-state index >= 15 is 0 Å². The first-order chi connectivity index (χ1) is 36.3. The SMILES string of the molecule is CC[C@H]1OC(=O)[C@H](C)[C@@H](O[C@H]2C[C@@](C)(OC)[C@@H](O)[C@H](C)O2)[C@H](C)[C@@H](O[C@@H]2O[C@H](C)C[C@@H](N(C)CCOC(=O)CC/C(C)=C/Cc3c(O)c4c(c(C)c3OC)COC4=O)[C@@H]2N(C)C)[C@](C)(O)C[C@@H](C)CN(C)[C@H](C)[C@@H](O)[C@]1(C)O. The van der Waals surface area contributed by atoms with Crippen molar-refractivity contribution in [3.8, 4) is 11.5 Å². The van der Waals surface area contributed by atoms with E-state index in [0.717, 1.165) is 11.1 Å². The molecule has 4 aliphatic rings. The average molecular weight is 1110 g/mol. The van der Waals surface area contributed by atoms with Gasteiger partial charge in [-0.05, 0) is 134 Å². The van der Waals surface area contributed by atoms with Crippen LogP contribution in [0, 0.1) is 24.7 Å². The lowest BCUT2D eigenvalue weighted by Gasteiger charge is -2.51. The first-order valence-electron chi connectivity index (χ1n) is 28.0. The van der Waals surface area contributed by atoms with E-state index in [1.54, 1.807) is 41.5 Å². The minimum atomic E-state index is -1.84. The maximum absolute atomic E-state index is 14.6. The summed E-state index contributed by atoms with van der Waals surface area (Å²) in [6.07, 6.45) is -4.61. The number of likely N-dealkylation sites (N-methyl/N-ethyl adjacent to an activating group) is 3. The van der Waals surface area contributed by atoms with Crippen LogP contribution in [0.2, 0.25) is 0 Å². The summed E-state index contributed by atoms with van der Waals surface area (Å²) < 4.78 is 55.7. The summed E-state index contributed by atoms with van der Waals surface area (Å²) >= 11 is 0. The van der Waals surface area contributed by atoms with E-state index in [9.17, 15) is 39.9 Å². The van der Waals surface area contributed by atoms with Crippen molar-refractivity contribution in [2.24, 2.45) is 17.8 Å². The molecule has 5 N–H and O–H groups in total.